The number of hydrogen-bond donors (Lipinski definition) is 0. The predicted octanol–water partition coefficient (Wildman–Crippen LogP) is 2.33. The number of esters is 1. The van der Waals surface area contributed by atoms with Gasteiger partial charge in [0.15, 0.2) is 6.61 Å². The second kappa shape index (κ2) is 4.83. The fourth-order valence-electron chi connectivity index (χ4n) is 0.543. The number of alkyl halides is 8. The van der Waals surface area contributed by atoms with Crippen LogP contribution >= 0.6 is 0 Å². The van der Waals surface area contributed by atoms with Crippen molar-refractivity contribution in [2.24, 2.45) is 0 Å². The Hall–Kier alpha value is -1.09. The van der Waals surface area contributed by atoms with E-state index in [2.05, 4.69) is 4.74 Å². The first-order chi connectivity index (χ1) is 6.98. The van der Waals surface area contributed by atoms with Gasteiger partial charge in [0, 0.05) is 0 Å². The molecule has 0 aromatic rings. The molecule has 0 aliphatic rings. The van der Waals surface area contributed by atoms with E-state index in [4.69, 9.17) is 0 Å². The highest BCUT2D eigenvalue weighted by Gasteiger charge is 2.57. The first-order valence-electron chi connectivity index (χ1n) is 3.52. The summed E-state index contributed by atoms with van der Waals surface area (Å²) in [4.78, 5) is 9.95. The van der Waals surface area contributed by atoms with Crippen LogP contribution in [0, 0.1) is 0 Å². The molecule has 2 nitrogen and oxygen atoms in total. The summed E-state index contributed by atoms with van der Waals surface area (Å²) in [6.07, 6.45) is -14.2. The summed E-state index contributed by atoms with van der Waals surface area (Å²) in [5.74, 6) is -7.56. The Labute approximate surface area is 83.2 Å². The Morgan fingerprint density at radius 3 is 1.81 bits per heavy atom. The van der Waals surface area contributed by atoms with Crippen LogP contribution in [0.1, 0.15) is 0 Å². The highest BCUT2D eigenvalue weighted by Crippen LogP contribution is 2.35. The van der Waals surface area contributed by atoms with E-state index in [1.165, 1.54) is 0 Å². The average molecular weight is 260 g/mol. The molecule has 0 saturated carbocycles. The van der Waals surface area contributed by atoms with Crippen molar-refractivity contribution in [3.05, 3.63) is 0 Å². The second-order valence-electron chi connectivity index (χ2n) is 2.57. The quantitative estimate of drug-likeness (QED) is 0.572. The molecule has 16 heavy (non-hydrogen) atoms. The summed E-state index contributed by atoms with van der Waals surface area (Å²) in [6.45, 7) is -2.41. The monoisotopic (exact) mass is 260 g/mol. The number of rotatable bonds is 4. The van der Waals surface area contributed by atoms with E-state index < -0.39 is 37.3 Å². The van der Waals surface area contributed by atoms with Gasteiger partial charge >= 0.3 is 24.5 Å². The standard InChI is InChI=1S/C6H4F8O2/c7-2(8)3(15)16-1-5(10,11)4(9)6(12,13)14/h2,4H,1H2/t4-/m0/s1. The van der Waals surface area contributed by atoms with E-state index in [-0.39, 0.29) is 0 Å². The number of halogens is 8. The van der Waals surface area contributed by atoms with Crippen molar-refractivity contribution in [3.8, 4) is 0 Å². The number of carbonyl (C=O) groups is 1. The molecule has 0 rings (SSSR count). The molecule has 0 aliphatic heterocycles. The Morgan fingerprint density at radius 1 is 1.06 bits per heavy atom. The van der Waals surface area contributed by atoms with Crippen LogP contribution < -0.4 is 0 Å². The molecule has 0 aromatic carbocycles. The summed E-state index contributed by atoms with van der Waals surface area (Å²) in [7, 11) is 0. The molecule has 0 saturated heterocycles. The van der Waals surface area contributed by atoms with Crippen LogP contribution in [0.5, 0.6) is 0 Å². The van der Waals surface area contributed by atoms with Gasteiger partial charge in [-0.2, -0.15) is 30.7 Å². The van der Waals surface area contributed by atoms with Crippen molar-refractivity contribution in [1.29, 1.82) is 0 Å². The van der Waals surface area contributed by atoms with Crippen LogP contribution in [0.3, 0.4) is 0 Å². The number of hydrogen-bond acceptors (Lipinski definition) is 2. The summed E-state index contributed by atoms with van der Waals surface area (Å²) < 4.78 is 97.1. The highest BCUT2D eigenvalue weighted by molar-refractivity contribution is 5.72. The topological polar surface area (TPSA) is 26.3 Å². The van der Waals surface area contributed by atoms with Crippen LogP contribution in [0.4, 0.5) is 35.1 Å². The molecule has 0 bridgehead atoms. The van der Waals surface area contributed by atoms with Gasteiger partial charge in [-0.1, -0.05) is 0 Å². The molecular formula is C6H4F8O2. The fraction of sp³-hybridized carbons (Fsp3) is 0.833. The minimum absolute atomic E-state index is 2.41. The Kier molecular flexibility index (Phi) is 4.50. The van der Waals surface area contributed by atoms with Crippen molar-refractivity contribution < 1.29 is 44.7 Å². The molecule has 0 N–H and O–H groups in total. The molecule has 0 amide bonds. The summed E-state index contributed by atoms with van der Waals surface area (Å²) in [5.41, 5.74) is 0. The zero-order valence-electron chi connectivity index (χ0n) is 7.20. The zero-order chi connectivity index (χ0) is 13.1. The Bertz CT molecular complexity index is 247. The predicted molar refractivity (Wildman–Crippen MR) is 32.9 cm³/mol. The maximum atomic E-state index is 12.3. The van der Waals surface area contributed by atoms with Crippen LogP contribution in [0.2, 0.25) is 0 Å². The van der Waals surface area contributed by atoms with E-state index in [0.29, 0.717) is 0 Å². The van der Waals surface area contributed by atoms with E-state index in [1.807, 2.05) is 0 Å². The molecule has 0 spiro atoms. The van der Waals surface area contributed by atoms with Crippen LogP contribution in [-0.4, -0.2) is 37.3 Å². The van der Waals surface area contributed by atoms with Gasteiger partial charge in [0.1, 0.15) is 0 Å². The second-order valence-corrected chi connectivity index (χ2v) is 2.57. The first kappa shape index (κ1) is 14.9. The van der Waals surface area contributed by atoms with E-state index >= 15 is 0 Å². The largest absolute Gasteiger partial charge is 0.455 e. The van der Waals surface area contributed by atoms with Gasteiger partial charge in [-0.25, -0.2) is 9.18 Å². The molecule has 96 valence electrons. The van der Waals surface area contributed by atoms with E-state index in [0.717, 1.165) is 0 Å². The molecule has 0 fully saturated rings. The Balaban J connectivity index is 4.41. The third-order valence-electron chi connectivity index (χ3n) is 1.24. The van der Waals surface area contributed by atoms with Gasteiger partial charge in [-0.3, -0.25) is 0 Å². The van der Waals surface area contributed by atoms with Crippen molar-refractivity contribution in [3.63, 3.8) is 0 Å². The minimum atomic E-state index is -5.87. The van der Waals surface area contributed by atoms with E-state index in [9.17, 15) is 39.9 Å². The lowest BCUT2D eigenvalue weighted by Crippen LogP contribution is -2.45. The van der Waals surface area contributed by atoms with Crippen LogP contribution in [-0.2, 0) is 9.53 Å². The third-order valence-corrected chi connectivity index (χ3v) is 1.24. The minimum Gasteiger partial charge on any atom is -0.455 e. The molecular weight excluding hydrogens is 256 g/mol. The van der Waals surface area contributed by atoms with Crippen molar-refractivity contribution >= 4 is 5.97 Å². The fourth-order valence-corrected chi connectivity index (χ4v) is 0.543. The smallest absolute Gasteiger partial charge is 0.425 e. The lowest BCUT2D eigenvalue weighted by molar-refractivity contribution is -0.255. The lowest BCUT2D eigenvalue weighted by Gasteiger charge is -2.22. The van der Waals surface area contributed by atoms with Gasteiger partial charge < -0.3 is 4.74 Å². The molecule has 0 aromatic heterocycles. The summed E-state index contributed by atoms with van der Waals surface area (Å²) in [5, 5.41) is 0. The van der Waals surface area contributed by atoms with Gasteiger partial charge in [-0.15, -0.1) is 0 Å². The maximum Gasteiger partial charge on any atom is 0.425 e. The average Bonchev–Trinajstić information content (AvgIpc) is 2.11. The third kappa shape index (κ3) is 4.19. The molecule has 1 atom stereocenters. The summed E-state index contributed by atoms with van der Waals surface area (Å²) in [6, 6.07) is 0. The SMILES string of the molecule is O=C(OCC(F)(F)[C@H](F)C(F)(F)F)C(F)F. The first-order valence-corrected chi connectivity index (χ1v) is 3.52. The number of ether oxygens (including phenoxy) is 1. The molecule has 10 heteroatoms. The molecule has 0 unspecified atom stereocenters. The lowest BCUT2D eigenvalue weighted by atomic mass is 10.2. The van der Waals surface area contributed by atoms with Gasteiger partial charge in [0.2, 0.25) is 0 Å². The maximum absolute atomic E-state index is 12.3. The van der Waals surface area contributed by atoms with Gasteiger partial charge in [0.25, 0.3) is 6.17 Å². The van der Waals surface area contributed by atoms with Gasteiger partial charge in [0.05, 0.1) is 0 Å². The van der Waals surface area contributed by atoms with Crippen molar-refractivity contribution in [1.82, 2.24) is 0 Å². The van der Waals surface area contributed by atoms with Crippen molar-refractivity contribution in [2.75, 3.05) is 6.61 Å². The summed E-state index contributed by atoms with van der Waals surface area (Å²) >= 11 is 0. The zero-order valence-corrected chi connectivity index (χ0v) is 7.20. The molecule has 0 radical (unpaired) electrons. The molecule has 0 aliphatic carbocycles. The molecule has 0 heterocycles. The van der Waals surface area contributed by atoms with Crippen LogP contribution in [0.25, 0.3) is 0 Å². The Morgan fingerprint density at radius 2 is 1.50 bits per heavy atom. The number of carbonyl (C=O) groups excluding carboxylic acids is 1. The van der Waals surface area contributed by atoms with Crippen LogP contribution in [0.15, 0.2) is 0 Å². The normalized spacial score (nSPS) is 15.1. The van der Waals surface area contributed by atoms with Gasteiger partial charge in [-0.05, 0) is 0 Å². The van der Waals surface area contributed by atoms with E-state index in [1.54, 1.807) is 0 Å². The highest BCUT2D eigenvalue weighted by atomic mass is 19.4. The van der Waals surface area contributed by atoms with Crippen molar-refractivity contribution in [2.45, 2.75) is 24.7 Å².